The zero-order valence-corrected chi connectivity index (χ0v) is 6.97. The lowest BCUT2D eigenvalue weighted by atomic mass is 10.1. The van der Waals surface area contributed by atoms with E-state index in [1.54, 1.807) is 12.1 Å². The number of nitrogens with zero attached hydrogens (tertiary/aromatic N) is 1. The molecule has 0 bridgehead atoms. The summed E-state index contributed by atoms with van der Waals surface area (Å²) in [6.45, 7) is 0. The van der Waals surface area contributed by atoms with E-state index in [-0.39, 0.29) is 6.42 Å². The minimum Gasteiger partial charge on any atom is -0.481 e. The number of nitrogens with two attached hydrogens (primary N) is 2. The van der Waals surface area contributed by atoms with Gasteiger partial charge in [-0.25, -0.2) is 0 Å². The van der Waals surface area contributed by atoms with Crippen molar-refractivity contribution in [2.24, 2.45) is 5.73 Å². The molecule has 1 aromatic rings. The van der Waals surface area contributed by atoms with Gasteiger partial charge in [0.1, 0.15) is 0 Å². The Hall–Kier alpha value is -1.62. The number of hydrogen-bond donors (Lipinski definition) is 3. The quantitative estimate of drug-likeness (QED) is 0.615. The average molecular weight is 181 g/mol. The van der Waals surface area contributed by atoms with Crippen molar-refractivity contribution in [2.75, 3.05) is 5.73 Å². The van der Waals surface area contributed by atoms with Gasteiger partial charge in [0.05, 0.1) is 30.0 Å². The van der Waals surface area contributed by atoms with Crippen molar-refractivity contribution in [3.8, 4) is 0 Å². The van der Waals surface area contributed by atoms with E-state index in [2.05, 4.69) is 4.98 Å². The molecule has 0 unspecified atom stereocenters. The first-order valence-electron chi connectivity index (χ1n) is 3.78. The molecular formula is C8H11N3O2. The van der Waals surface area contributed by atoms with Crippen LogP contribution in [0.25, 0.3) is 0 Å². The summed E-state index contributed by atoms with van der Waals surface area (Å²) in [5, 5.41) is 8.47. The van der Waals surface area contributed by atoms with Crippen LogP contribution in [-0.2, 0) is 4.79 Å². The fourth-order valence-corrected chi connectivity index (χ4v) is 0.929. The molecule has 0 radical (unpaired) electrons. The van der Waals surface area contributed by atoms with Crippen LogP contribution >= 0.6 is 0 Å². The van der Waals surface area contributed by atoms with Gasteiger partial charge >= 0.3 is 5.97 Å². The van der Waals surface area contributed by atoms with Crippen LogP contribution in [0, 0.1) is 0 Å². The highest BCUT2D eigenvalue weighted by Crippen LogP contribution is 2.11. The molecule has 0 aliphatic heterocycles. The van der Waals surface area contributed by atoms with E-state index >= 15 is 0 Å². The Morgan fingerprint density at radius 2 is 2.31 bits per heavy atom. The molecule has 0 saturated heterocycles. The van der Waals surface area contributed by atoms with Crippen molar-refractivity contribution in [3.05, 3.63) is 24.0 Å². The largest absolute Gasteiger partial charge is 0.481 e. The van der Waals surface area contributed by atoms with Gasteiger partial charge in [-0.2, -0.15) is 0 Å². The van der Waals surface area contributed by atoms with Crippen molar-refractivity contribution >= 4 is 11.7 Å². The van der Waals surface area contributed by atoms with E-state index in [9.17, 15) is 4.79 Å². The smallest absolute Gasteiger partial charge is 0.305 e. The number of carbonyl (C=O) groups is 1. The van der Waals surface area contributed by atoms with Gasteiger partial charge in [-0.15, -0.1) is 0 Å². The Morgan fingerprint density at radius 3 is 2.77 bits per heavy atom. The molecule has 0 aliphatic carbocycles. The van der Waals surface area contributed by atoms with Crippen molar-refractivity contribution < 1.29 is 9.90 Å². The first-order chi connectivity index (χ1) is 6.09. The standard InChI is InChI=1S/C8H11N3O2/c9-5-1-2-7(11-4-5)6(10)3-8(12)13/h1-2,4,6H,3,9-10H2,(H,12,13)/t6-/m0/s1. The van der Waals surface area contributed by atoms with Crippen molar-refractivity contribution in [1.29, 1.82) is 0 Å². The van der Waals surface area contributed by atoms with Gasteiger partial charge in [0.25, 0.3) is 0 Å². The van der Waals surface area contributed by atoms with Gasteiger partial charge in [0, 0.05) is 0 Å². The van der Waals surface area contributed by atoms with Gasteiger partial charge in [0.2, 0.25) is 0 Å². The topological polar surface area (TPSA) is 102 Å². The number of pyridine rings is 1. The van der Waals surface area contributed by atoms with Crippen LogP contribution in [0.3, 0.4) is 0 Å². The van der Waals surface area contributed by atoms with E-state index in [0.717, 1.165) is 0 Å². The Kier molecular flexibility index (Phi) is 2.81. The first kappa shape index (κ1) is 9.47. The summed E-state index contributed by atoms with van der Waals surface area (Å²) in [6, 6.07) is 2.70. The molecule has 0 aromatic carbocycles. The maximum absolute atomic E-state index is 10.3. The van der Waals surface area contributed by atoms with E-state index in [4.69, 9.17) is 16.6 Å². The molecule has 5 nitrogen and oxygen atoms in total. The lowest BCUT2D eigenvalue weighted by Gasteiger charge is -2.07. The normalized spacial score (nSPS) is 12.4. The number of aliphatic carboxylic acids is 1. The van der Waals surface area contributed by atoms with Gasteiger partial charge in [0.15, 0.2) is 0 Å². The number of hydrogen-bond acceptors (Lipinski definition) is 4. The van der Waals surface area contributed by atoms with Crippen LogP contribution in [0.5, 0.6) is 0 Å². The highest BCUT2D eigenvalue weighted by Gasteiger charge is 2.10. The van der Waals surface area contributed by atoms with E-state index in [1.807, 2.05) is 0 Å². The molecule has 0 amide bonds. The maximum Gasteiger partial charge on any atom is 0.305 e. The van der Waals surface area contributed by atoms with Crippen LogP contribution < -0.4 is 11.5 Å². The molecule has 0 spiro atoms. The Morgan fingerprint density at radius 1 is 1.62 bits per heavy atom. The monoisotopic (exact) mass is 181 g/mol. The Balaban J connectivity index is 2.71. The predicted octanol–water partition coefficient (Wildman–Crippen LogP) is 0.138. The van der Waals surface area contributed by atoms with Crippen molar-refractivity contribution in [2.45, 2.75) is 12.5 Å². The molecule has 5 heteroatoms. The molecule has 0 fully saturated rings. The van der Waals surface area contributed by atoms with Crippen LogP contribution in [0.4, 0.5) is 5.69 Å². The molecular weight excluding hydrogens is 170 g/mol. The molecule has 5 N–H and O–H groups in total. The summed E-state index contributed by atoms with van der Waals surface area (Å²) < 4.78 is 0. The summed E-state index contributed by atoms with van der Waals surface area (Å²) in [5.41, 5.74) is 12.0. The first-order valence-corrected chi connectivity index (χ1v) is 3.78. The number of anilines is 1. The van der Waals surface area contributed by atoms with E-state index in [0.29, 0.717) is 11.4 Å². The SMILES string of the molecule is Nc1ccc([C@@H](N)CC(=O)O)nc1. The van der Waals surface area contributed by atoms with Gasteiger partial charge in [-0.1, -0.05) is 0 Å². The molecule has 0 aliphatic rings. The summed E-state index contributed by atoms with van der Waals surface area (Å²) in [4.78, 5) is 14.2. The second kappa shape index (κ2) is 3.86. The van der Waals surface area contributed by atoms with E-state index < -0.39 is 12.0 Å². The Labute approximate surface area is 75.4 Å². The van der Waals surface area contributed by atoms with Gasteiger partial charge in [-0.05, 0) is 12.1 Å². The number of carboxylic acids is 1. The molecule has 1 aromatic heterocycles. The molecule has 1 heterocycles. The third kappa shape index (κ3) is 2.72. The summed E-state index contributed by atoms with van der Waals surface area (Å²) in [7, 11) is 0. The highest BCUT2D eigenvalue weighted by atomic mass is 16.4. The lowest BCUT2D eigenvalue weighted by molar-refractivity contribution is -0.137. The minimum absolute atomic E-state index is 0.128. The fourth-order valence-electron chi connectivity index (χ4n) is 0.929. The maximum atomic E-state index is 10.3. The zero-order valence-electron chi connectivity index (χ0n) is 6.97. The molecule has 70 valence electrons. The molecule has 1 atom stereocenters. The fraction of sp³-hybridized carbons (Fsp3) is 0.250. The number of aromatic nitrogens is 1. The van der Waals surface area contributed by atoms with Crippen LogP contribution in [-0.4, -0.2) is 16.1 Å². The summed E-state index contributed by atoms with van der Waals surface area (Å²) in [5.74, 6) is -0.939. The van der Waals surface area contributed by atoms with Gasteiger partial charge < -0.3 is 16.6 Å². The second-order valence-electron chi connectivity index (χ2n) is 2.72. The minimum atomic E-state index is -0.939. The van der Waals surface area contributed by atoms with E-state index in [1.165, 1.54) is 6.20 Å². The van der Waals surface area contributed by atoms with Crippen LogP contribution in [0.2, 0.25) is 0 Å². The summed E-state index contributed by atoms with van der Waals surface area (Å²) >= 11 is 0. The third-order valence-electron chi connectivity index (χ3n) is 1.58. The van der Waals surface area contributed by atoms with Crippen LogP contribution in [0.1, 0.15) is 18.2 Å². The van der Waals surface area contributed by atoms with Crippen molar-refractivity contribution in [1.82, 2.24) is 4.98 Å². The number of carboxylic acid groups (broad SMARTS) is 1. The summed E-state index contributed by atoms with van der Waals surface area (Å²) in [6.07, 6.45) is 1.33. The Bertz CT molecular complexity index is 297. The molecule has 13 heavy (non-hydrogen) atoms. The van der Waals surface area contributed by atoms with Crippen LogP contribution in [0.15, 0.2) is 18.3 Å². The molecule has 1 rings (SSSR count). The average Bonchev–Trinajstić information content (AvgIpc) is 2.04. The third-order valence-corrected chi connectivity index (χ3v) is 1.58. The predicted molar refractivity (Wildman–Crippen MR) is 47.8 cm³/mol. The highest BCUT2D eigenvalue weighted by molar-refractivity contribution is 5.67. The molecule has 0 saturated carbocycles. The zero-order chi connectivity index (χ0) is 9.84. The lowest BCUT2D eigenvalue weighted by Crippen LogP contribution is -2.16. The number of nitrogen functional groups attached to an aromatic ring is 1. The number of rotatable bonds is 3. The van der Waals surface area contributed by atoms with Gasteiger partial charge in [-0.3, -0.25) is 9.78 Å². The van der Waals surface area contributed by atoms with Crippen molar-refractivity contribution in [3.63, 3.8) is 0 Å². The second-order valence-corrected chi connectivity index (χ2v) is 2.72.